The van der Waals surface area contributed by atoms with Gasteiger partial charge in [-0.1, -0.05) is 59.1 Å². The van der Waals surface area contributed by atoms with Crippen molar-refractivity contribution < 1.29 is 31.2 Å². The Hall–Kier alpha value is -3.57. The van der Waals surface area contributed by atoms with Gasteiger partial charge in [-0.15, -0.1) is 0 Å². The number of sulfonamides is 1. The van der Waals surface area contributed by atoms with E-state index in [2.05, 4.69) is 5.32 Å². The number of halogens is 4. The second kappa shape index (κ2) is 12.3. The lowest BCUT2D eigenvalue weighted by molar-refractivity contribution is -0.139. The number of likely N-dealkylation sites (N-methyl/N-ethyl adjacent to an activating group) is 1. The van der Waals surface area contributed by atoms with Gasteiger partial charge in [-0.2, -0.15) is 13.2 Å². The van der Waals surface area contributed by atoms with Crippen LogP contribution in [0.15, 0.2) is 71.6 Å². The second-order valence-electron chi connectivity index (χ2n) is 9.28. The Balaban J connectivity index is 2.12. The van der Waals surface area contributed by atoms with Crippen molar-refractivity contribution >= 4 is 39.1 Å². The van der Waals surface area contributed by atoms with Crippen molar-refractivity contribution in [2.24, 2.45) is 0 Å². The molecule has 3 aromatic carbocycles. The van der Waals surface area contributed by atoms with E-state index in [4.69, 9.17) is 11.6 Å². The zero-order valence-electron chi connectivity index (χ0n) is 22.3. The van der Waals surface area contributed by atoms with Crippen LogP contribution in [0.4, 0.5) is 18.9 Å². The van der Waals surface area contributed by atoms with Gasteiger partial charge < -0.3 is 10.2 Å². The molecule has 0 aliphatic carbocycles. The Labute approximate surface area is 236 Å². The lowest BCUT2D eigenvalue weighted by Crippen LogP contribution is -2.50. The van der Waals surface area contributed by atoms with Crippen LogP contribution in [-0.4, -0.2) is 44.8 Å². The summed E-state index contributed by atoms with van der Waals surface area (Å²) in [6.07, 6.45) is -4.87. The van der Waals surface area contributed by atoms with Gasteiger partial charge in [0, 0.05) is 13.6 Å². The summed E-state index contributed by atoms with van der Waals surface area (Å²) in [5, 5.41) is 1.85. The van der Waals surface area contributed by atoms with Crippen molar-refractivity contribution in [3.05, 3.63) is 94.0 Å². The topological polar surface area (TPSA) is 86.8 Å². The molecule has 0 bridgehead atoms. The normalized spacial score (nSPS) is 12.5. The quantitative estimate of drug-likeness (QED) is 0.362. The first-order valence-electron chi connectivity index (χ1n) is 12.2. The van der Waals surface area contributed by atoms with Crippen molar-refractivity contribution in [3.8, 4) is 0 Å². The third-order valence-electron chi connectivity index (χ3n) is 6.32. The molecule has 0 radical (unpaired) electrons. The predicted octanol–water partition coefficient (Wildman–Crippen LogP) is 5.33. The lowest BCUT2D eigenvalue weighted by Gasteiger charge is -2.32. The molecule has 2 amide bonds. The van der Waals surface area contributed by atoms with Crippen LogP contribution in [0.25, 0.3) is 0 Å². The number of carbonyl (C=O) groups excluding carboxylic acids is 2. The standard InChI is InChI=1S/C28H29ClF3N3O4S/c1-18-5-9-21(10-6-18)16-34(20(3)27(37)33-4)26(36)17-35(40(38,39)23-12-7-19(2)8-13-23)22-11-14-25(29)24(15-22)28(30,31)32/h5-15,20H,16-17H2,1-4H3,(H,33,37)/t20-/m1/s1. The minimum atomic E-state index is -4.87. The average molecular weight is 596 g/mol. The maximum atomic E-state index is 13.8. The fourth-order valence-corrected chi connectivity index (χ4v) is 5.56. The molecule has 0 saturated heterocycles. The fraction of sp³-hybridized carbons (Fsp3) is 0.286. The van der Waals surface area contributed by atoms with E-state index >= 15 is 0 Å². The van der Waals surface area contributed by atoms with Crippen molar-refractivity contribution in [1.82, 2.24) is 10.2 Å². The number of anilines is 1. The number of rotatable bonds is 9. The summed E-state index contributed by atoms with van der Waals surface area (Å²) < 4.78 is 69.2. The number of aryl methyl sites for hydroxylation is 2. The molecule has 0 unspecified atom stereocenters. The third kappa shape index (κ3) is 7.14. The number of nitrogens with one attached hydrogen (secondary N) is 1. The zero-order chi connectivity index (χ0) is 29.8. The first-order valence-corrected chi connectivity index (χ1v) is 14.0. The van der Waals surface area contributed by atoms with E-state index in [0.717, 1.165) is 23.3 Å². The van der Waals surface area contributed by atoms with Gasteiger partial charge in [0.25, 0.3) is 10.0 Å². The molecule has 3 rings (SSSR count). The minimum absolute atomic E-state index is 0.0411. The van der Waals surface area contributed by atoms with Gasteiger partial charge >= 0.3 is 6.18 Å². The molecule has 40 heavy (non-hydrogen) atoms. The van der Waals surface area contributed by atoms with Crippen molar-refractivity contribution in [3.63, 3.8) is 0 Å². The van der Waals surface area contributed by atoms with Gasteiger partial charge in [-0.05, 0) is 56.7 Å². The van der Waals surface area contributed by atoms with E-state index in [1.165, 1.54) is 43.1 Å². The highest BCUT2D eigenvalue weighted by Gasteiger charge is 2.36. The summed E-state index contributed by atoms with van der Waals surface area (Å²) >= 11 is 5.78. The molecule has 0 heterocycles. The highest BCUT2D eigenvalue weighted by atomic mass is 35.5. The Morgan fingerprint density at radius 1 is 0.950 bits per heavy atom. The Morgan fingerprint density at radius 3 is 2.02 bits per heavy atom. The van der Waals surface area contributed by atoms with Crippen LogP contribution in [0.3, 0.4) is 0 Å². The maximum absolute atomic E-state index is 13.8. The number of carbonyl (C=O) groups is 2. The van der Waals surface area contributed by atoms with E-state index in [-0.39, 0.29) is 11.4 Å². The zero-order valence-corrected chi connectivity index (χ0v) is 23.9. The molecule has 0 saturated carbocycles. The Morgan fingerprint density at radius 2 is 1.50 bits per heavy atom. The third-order valence-corrected chi connectivity index (χ3v) is 8.44. The number of amides is 2. The number of nitrogens with zero attached hydrogens (tertiary/aromatic N) is 2. The van der Waals surface area contributed by atoms with Crippen LogP contribution in [0.2, 0.25) is 5.02 Å². The molecule has 0 aliphatic rings. The van der Waals surface area contributed by atoms with Crippen molar-refractivity contribution in [2.45, 2.75) is 44.4 Å². The first-order chi connectivity index (χ1) is 18.6. The van der Waals surface area contributed by atoms with E-state index < -0.39 is 56.9 Å². The van der Waals surface area contributed by atoms with Gasteiger partial charge in [0.05, 0.1) is 21.2 Å². The van der Waals surface area contributed by atoms with Gasteiger partial charge in [0.1, 0.15) is 12.6 Å². The van der Waals surface area contributed by atoms with Crippen LogP contribution < -0.4 is 9.62 Å². The van der Waals surface area contributed by atoms with Gasteiger partial charge in [0.2, 0.25) is 11.8 Å². The summed E-state index contributed by atoms with van der Waals surface area (Å²) in [5.74, 6) is -1.30. The van der Waals surface area contributed by atoms with Crippen LogP contribution in [0, 0.1) is 13.8 Å². The smallest absolute Gasteiger partial charge is 0.357 e. The number of alkyl halides is 3. The SMILES string of the molecule is CNC(=O)[C@@H](C)N(Cc1ccc(C)cc1)C(=O)CN(c1ccc(Cl)c(C(F)(F)F)c1)S(=O)(=O)c1ccc(C)cc1. The average Bonchev–Trinajstić information content (AvgIpc) is 2.90. The fourth-order valence-electron chi connectivity index (χ4n) is 3.93. The van der Waals surface area contributed by atoms with Crippen molar-refractivity contribution in [1.29, 1.82) is 0 Å². The first kappa shape index (κ1) is 31.0. The van der Waals surface area contributed by atoms with Crippen LogP contribution in [0.5, 0.6) is 0 Å². The number of hydrogen-bond acceptors (Lipinski definition) is 4. The molecule has 1 atom stereocenters. The molecule has 0 fully saturated rings. The molecule has 0 aliphatic heterocycles. The van der Waals surface area contributed by atoms with Gasteiger partial charge in [-0.25, -0.2) is 8.42 Å². The number of benzene rings is 3. The van der Waals surface area contributed by atoms with Crippen molar-refractivity contribution in [2.75, 3.05) is 17.9 Å². The Kier molecular flexibility index (Phi) is 9.52. The minimum Gasteiger partial charge on any atom is -0.357 e. The Bertz CT molecular complexity index is 1480. The maximum Gasteiger partial charge on any atom is 0.417 e. The highest BCUT2D eigenvalue weighted by Crippen LogP contribution is 2.38. The number of hydrogen-bond donors (Lipinski definition) is 1. The van der Waals surface area contributed by atoms with Gasteiger partial charge in [-0.3, -0.25) is 13.9 Å². The highest BCUT2D eigenvalue weighted by molar-refractivity contribution is 7.92. The van der Waals surface area contributed by atoms with Crippen LogP contribution in [0.1, 0.15) is 29.2 Å². The van der Waals surface area contributed by atoms with E-state index in [9.17, 15) is 31.2 Å². The molecule has 0 spiro atoms. The molecule has 0 aromatic heterocycles. The van der Waals surface area contributed by atoms with E-state index in [0.29, 0.717) is 15.9 Å². The van der Waals surface area contributed by atoms with Crippen LogP contribution >= 0.6 is 11.6 Å². The largest absolute Gasteiger partial charge is 0.417 e. The molecular formula is C28H29ClF3N3O4S. The van der Waals surface area contributed by atoms with Crippen LogP contribution in [-0.2, 0) is 32.3 Å². The molecule has 214 valence electrons. The van der Waals surface area contributed by atoms with E-state index in [1.54, 1.807) is 19.1 Å². The second-order valence-corrected chi connectivity index (χ2v) is 11.6. The lowest BCUT2D eigenvalue weighted by atomic mass is 10.1. The molecule has 7 nitrogen and oxygen atoms in total. The molecule has 3 aromatic rings. The summed E-state index contributed by atoms with van der Waals surface area (Å²) in [6, 6.07) is 14.5. The summed E-state index contributed by atoms with van der Waals surface area (Å²) in [4.78, 5) is 27.2. The van der Waals surface area contributed by atoms with E-state index in [1.807, 2.05) is 19.1 Å². The summed E-state index contributed by atoms with van der Waals surface area (Å²) in [5.41, 5.74) is 0.746. The molecule has 12 heteroatoms. The predicted molar refractivity (Wildman–Crippen MR) is 147 cm³/mol. The van der Waals surface area contributed by atoms with Gasteiger partial charge in [0.15, 0.2) is 0 Å². The molecule has 1 N–H and O–H groups in total. The summed E-state index contributed by atoms with van der Waals surface area (Å²) in [7, 11) is -3.13. The molecular weight excluding hydrogens is 567 g/mol. The summed E-state index contributed by atoms with van der Waals surface area (Å²) in [6.45, 7) is 4.20. The monoisotopic (exact) mass is 595 g/mol.